The summed E-state index contributed by atoms with van der Waals surface area (Å²) in [5.41, 5.74) is 2.27. The summed E-state index contributed by atoms with van der Waals surface area (Å²) in [6.07, 6.45) is 3.16. The zero-order chi connectivity index (χ0) is 16.1. The summed E-state index contributed by atoms with van der Waals surface area (Å²) in [7, 11) is 0. The number of nitrogens with one attached hydrogen (secondary N) is 2. The van der Waals surface area contributed by atoms with E-state index in [4.69, 9.17) is 4.74 Å². The molecule has 6 heteroatoms. The summed E-state index contributed by atoms with van der Waals surface area (Å²) in [4.78, 5) is 13.3. The van der Waals surface area contributed by atoms with Crippen molar-refractivity contribution in [2.24, 2.45) is 0 Å². The highest BCUT2D eigenvalue weighted by molar-refractivity contribution is 5.85. The van der Waals surface area contributed by atoms with Crippen LogP contribution < -0.4 is 15.6 Å². The molecular formula is C18H23ClN2O3. The molecule has 130 valence electrons. The van der Waals surface area contributed by atoms with Gasteiger partial charge >= 0.3 is 0 Å². The van der Waals surface area contributed by atoms with Gasteiger partial charge in [0, 0.05) is 12.5 Å². The van der Waals surface area contributed by atoms with Gasteiger partial charge < -0.3 is 15.2 Å². The van der Waals surface area contributed by atoms with Crippen molar-refractivity contribution in [1.82, 2.24) is 10.3 Å². The van der Waals surface area contributed by atoms with Crippen molar-refractivity contribution in [3.63, 3.8) is 0 Å². The fraction of sp³-hybridized carbons (Fsp3) is 0.389. The molecule has 1 saturated heterocycles. The first-order valence-electron chi connectivity index (χ1n) is 8.07. The lowest BCUT2D eigenvalue weighted by Crippen LogP contribution is -2.26. The summed E-state index contributed by atoms with van der Waals surface area (Å²) in [6, 6.07) is 11.5. The maximum atomic E-state index is 11.0. The zero-order valence-corrected chi connectivity index (χ0v) is 14.3. The molecule has 0 spiro atoms. The quantitative estimate of drug-likeness (QED) is 0.775. The van der Waals surface area contributed by atoms with Gasteiger partial charge in [0.15, 0.2) is 5.75 Å². The maximum Gasteiger partial charge on any atom is 0.250 e. The molecule has 24 heavy (non-hydrogen) atoms. The van der Waals surface area contributed by atoms with E-state index in [2.05, 4.69) is 34.6 Å². The van der Waals surface area contributed by atoms with Gasteiger partial charge in [-0.05, 0) is 49.0 Å². The molecule has 1 fully saturated rings. The van der Waals surface area contributed by atoms with E-state index in [0.29, 0.717) is 18.3 Å². The van der Waals surface area contributed by atoms with Gasteiger partial charge in [-0.2, -0.15) is 0 Å². The SMILES string of the molecule is Cl.O=c1ccc(OCCc2ccc(C3CCNCC3)cc2)c(O)[nH]1. The van der Waals surface area contributed by atoms with Crippen LogP contribution in [0.25, 0.3) is 0 Å². The number of rotatable bonds is 5. The molecule has 3 N–H and O–H groups in total. The second kappa shape index (κ2) is 8.76. The van der Waals surface area contributed by atoms with Crippen LogP contribution in [0.4, 0.5) is 0 Å². The van der Waals surface area contributed by atoms with Crippen LogP contribution in [0.5, 0.6) is 11.6 Å². The Bertz CT molecular complexity index is 694. The van der Waals surface area contributed by atoms with Crippen LogP contribution >= 0.6 is 12.4 Å². The van der Waals surface area contributed by atoms with E-state index in [0.717, 1.165) is 19.5 Å². The number of aromatic hydroxyl groups is 1. The van der Waals surface area contributed by atoms with E-state index >= 15 is 0 Å². The third-order valence-electron chi connectivity index (χ3n) is 4.30. The second-order valence-electron chi connectivity index (χ2n) is 5.90. The smallest absolute Gasteiger partial charge is 0.250 e. The molecule has 0 amide bonds. The van der Waals surface area contributed by atoms with Gasteiger partial charge in [-0.25, -0.2) is 0 Å². The number of benzene rings is 1. The lowest BCUT2D eigenvalue weighted by Gasteiger charge is -2.23. The number of piperidine rings is 1. The molecule has 0 unspecified atom stereocenters. The number of H-pyrrole nitrogens is 1. The van der Waals surface area contributed by atoms with Crippen LogP contribution in [-0.4, -0.2) is 29.8 Å². The van der Waals surface area contributed by atoms with Gasteiger partial charge in [-0.15, -0.1) is 12.4 Å². The van der Waals surface area contributed by atoms with E-state index in [-0.39, 0.29) is 23.8 Å². The highest BCUT2D eigenvalue weighted by Gasteiger charge is 2.14. The third kappa shape index (κ3) is 4.76. The first kappa shape index (κ1) is 18.4. The first-order chi connectivity index (χ1) is 11.2. The van der Waals surface area contributed by atoms with Crippen molar-refractivity contribution in [3.8, 4) is 11.6 Å². The van der Waals surface area contributed by atoms with Crippen molar-refractivity contribution in [1.29, 1.82) is 0 Å². The first-order valence-corrected chi connectivity index (χ1v) is 8.07. The normalized spacial score (nSPS) is 14.8. The van der Waals surface area contributed by atoms with Gasteiger partial charge in [0.1, 0.15) is 0 Å². The Morgan fingerprint density at radius 2 is 1.79 bits per heavy atom. The van der Waals surface area contributed by atoms with Crippen molar-refractivity contribution in [2.75, 3.05) is 19.7 Å². The molecule has 0 aliphatic carbocycles. The minimum absolute atomic E-state index is 0. The van der Waals surface area contributed by atoms with Gasteiger partial charge in [0.2, 0.25) is 5.88 Å². The van der Waals surface area contributed by atoms with E-state index < -0.39 is 0 Å². The summed E-state index contributed by atoms with van der Waals surface area (Å²) in [5, 5.41) is 13.0. The summed E-state index contributed by atoms with van der Waals surface area (Å²) < 4.78 is 5.51. The van der Waals surface area contributed by atoms with Crippen LogP contribution in [-0.2, 0) is 6.42 Å². The topological polar surface area (TPSA) is 74.3 Å². The monoisotopic (exact) mass is 350 g/mol. The van der Waals surface area contributed by atoms with E-state index in [1.165, 1.54) is 36.1 Å². The highest BCUT2D eigenvalue weighted by atomic mass is 35.5. The number of ether oxygens (including phenoxy) is 1. The largest absolute Gasteiger partial charge is 0.492 e. The minimum Gasteiger partial charge on any atom is -0.492 e. The number of aromatic amines is 1. The van der Waals surface area contributed by atoms with Crippen molar-refractivity contribution >= 4 is 12.4 Å². The van der Waals surface area contributed by atoms with Gasteiger partial charge in [-0.1, -0.05) is 24.3 Å². The van der Waals surface area contributed by atoms with Crippen molar-refractivity contribution < 1.29 is 9.84 Å². The lowest BCUT2D eigenvalue weighted by molar-refractivity contribution is 0.298. The molecule has 0 atom stereocenters. The van der Waals surface area contributed by atoms with Crippen molar-refractivity contribution in [3.05, 3.63) is 57.9 Å². The fourth-order valence-corrected chi connectivity index (χ4v) is 2.96. The van der Waals surface area contributed by atoms with Crippen LogP contribution in [0.15, 0.2) is 41.2 Å². The molecule has 1 aromatic carbocycles. The number of aromatic nitrogens is 1. The Labute approximate surface area is 147 Å². The number of pyridine rings is 1. The standard InChI is InChI=1S/C18H22N2O3.ClH/c21-17-6-5-16(18(22)20-17)23-12-9-13-1-3-14(4-2-13)15-7-10-19-11-8-15;/h1-6,15,19H,7-12H2,(H2,20,21,22);1H. The van der Waals surface area contributed by atoms with Crippen molar-refractivity contribution in [2.45, 2.75) is 25.2 Å². The molecule has 3 rings (SSSR count). The van der Waals surface area contributed by atoms with Crippen LogP contribution in [0.2, 0.25) is 0 Å². The average Bonchev–Trinajstić information content (AvgIpc) is 2.58. The Hall–Kier alpha value is -1.98. The van der Waals surface area contributed by atoms with Gasteiger partial charge in [-0.3, -0.25) is 9.78 Å². The van der Waals surface area contributed by atoms with Crippen LogP contribution in [0.1, 0.15) is 29.9 Å². The van der Waals surface area contributed by atoms with Crippen LogP contribution in [0.3, 0.4) is 0 Å². The Morgan fingerprint density at radius 3 is 2.46 bits per heavy atom. The number of hydrogen-bond acceptors (Lipinski definition) is 4. The Morgan fingerprint density at radius 1 is 1.08 bits per heavy atom. The summed E-state index contributed by atoms with van der Waals surface area (Å²) >= 11 is 0. The van der Waals surface area contributed by atoms with E-state index in [1.54, 1.807) is 0 Å². The molecule has 0 radical (unpaired) electrons. The molecule has 2 aromatic rings. The molecule has 2 heterocycles. The maximum absolute atomic E-state index is 11.0. The minimum atomic E-state index is -0.344. The molecule has 0 bridgehead atoms. The lowest BCUT2D eigenvalue weighted by atomic mass is 9.89. The fourth-order valence-electron chi connectivity index (χ4n) is 2.96. The molecule has 1 aliphatic heterocycles. The summed E-state index contributed by atoms with van der Waals surface area (Å²) in [6.45, 7) is 2.65. The number of hydrogen-bond donors (Lipinski definition) is 3. The molecular weight excluding hydrogens is 328 g/mol. The Kier molecular flexibility index (Phi) is 6.70. The predicted octanol–water partition coefficient (Wildman–Crippen LogP) is 2.59. The molecule has 0 saturated carbocycles. The number of halogens is 1. The molecule has 5 nitrogen and oxygen atoms in total. The zero-order valence-electron chi connectivity index (χ0n) is 13.5. The molecule has 1 aromatic heterocycles. The van der Waals surface area contributed by atoms with E-state index in [9.17, 15) is 9.90 Å². The third-order valence-corrected chi connectivity index (χ3v) is 4.30. The van der Waals surface area contributed by atoms with E-state index in [1.807, 2.05) is 0 Å². The second-order valence-corrected chi connectivity index (χ2v) is 5.90. The highest BCUT2D eigenvalue weighted by Crippen LogP contribution is 2.25. The van der Waals surface area contributed by atoms with Gasteiger partial charge in [0.05, 0.1) is 6.61 Å². The predicted molar refractivity (Wildman–Crippen MR) is 96.5 cm³/mol. The Balaban J connectivity index is 0.00000208. The van der Waals surface area contributed by atoms with Gasteiger partial charge in [0.25, 0.3) is 5.56 Å². The summed E-state index contributed by atoms with van der Waals surface area (Å²) in [5.74, 6) is 0.745. The average molecular weight is 351 g/mol. The molecule has 1 aliphatic rings. The van der Waals surface area contributed by atoms with Crippen LogP contribution in [0, 0.1) is 0 Å².